The number of rotatable bonds is 3. The highest BCUT2D eigenvalue weighted by atomic mass is 19.4. The zero-order valence-electron chi connectivity index (χ0n) is 10.5. The molecule has 2 rings (SSSR count). The molecule has 2 heterocycles. The standard InChI is InChI=1S/C11H8F3N3O4/c1-2-21-10(18)7-8(11(12,13)14)15-9-6(17(19)20)4-3-5-16(7)9/h3-5H,2H2,1H3. The van der Waals surface area contributed by atoms with Crippen LogP contribution >= 0.6 is 0 Å². The number of esters is 1. The van der Waals surface area contributed by atoms with Crippen LogP contribution in [0, 0.1) is 10.1 Å². The number of imidazole rings is 1. The number of halogens is 3. The van der Waals surface area contributed by atoms with Crippen LogP contribution in [0.4, 0.5) is 18.9 Å². The lowest BCUT2D eigenvalue weighted by molar-refractivity contribution is -0.383. The van der Waals surface area contributed by atoms with Gasteiger partial charge in [-0.3, -0.25) is 14.5 Å². The highest BCUT2D eigenvalue weighted by molar-refractivity contribution is 5.91. The van der Waals surface area contributed by atoms with Crippen molar-refractivity contribution in [2.24, 2.45) is 0 Å². The van der Waals surface area contributed by atoms with Crippen LogP contribution in [-0.4, -0.2) is 26.9 Å². The molecule has 21 heavy (non-hydrogen) atoms. The number of carbonyl (C=O) groups excluding carboxylic acids is 1. The molecule has 0 fully saturated rings. The first-order valence-electron chi connectivity index (χ1n) is 5.67. The van der Waals surface area contributed by atoms with Crippen molar-refractivity contribution in [1.29, 1.82) is 0 Å². The third kappa shape index (κ3) is 2.51. The summed E-state index contributed by atoms with van der Waals surface area (Å²) >= 11 is 0. The van der Waals surface area contributed by atoms with E-state index in [1.165, 1.54) is 6.92 Å². The Bertz CT molecular complexity index is 723. The fraction of sp³-hybridized carbons (Fsp3) is 0.273. The minimum absolute atomic E-state index is 0.141. The van der Waals surface area contributed by atoms with E-state index in [1.807, 2.05) is 0 Å². The molecule has 0 amide bonds. The molecule has 2 aromatic heterocycles. The van der Waals surface area contributed by atoms with Crippen LogP contribution < -0.4 is 0 Å². The van der Waals surface area contributed by atoms with Crippen LogP contribution in [0.5, 0.6) is 0 Å². The molecule has 112 valence electrons. The third-order valence-electron chi connectivity index (χ3n) is 2.56. The van der Waals surface area contributed by atoms with Gasteiger partial charge in [0.05, 0.1) is 11.5 Å². The van der Waals surface area contributed by atoms with Gasteiger partial charge in [-0.1, -0.05) is 0 Å². The monoisotopic (exact) mass is 303 g/mol. The predicted molar refractivity (Wildman–Crippen MR) is 62.8 cm³/mol. The number of ether oxygens (including phenoxy) is 1. The summed E-state index contributed by atoms with van der Waals surface area (Å²) in [6.07, 6.45) is -3.86. The first kappa shape index (κ1) is 14.8. The van der Waals surface area contributed by atoms with Gasteiger partial charge < -0.3 is 4.74 Å². The van der Waals surface area contributed by atoms with Gasteiger partial charge >= 0.3 is 17.8 Å². The number of aromatic nitrogens is 2. The number of nitrogens with zero attached hydrogens (tertiary/aromatic N) is 3. The lowest BCUT2D eigenvalue weighted by Crippen LogP contribution is -2.16. The molecule has 10 heteroatoms. The molecular weight excluding hydrogens is 295 g/mol. The summed E-state index contributed by atoms with van der Waals surface area (Å²) in [7, 11) is 0. The Balaban J connectivity index is 2.82. The lowest BCUT2D eigenvalue weighted by Gasteiger charge is -2.06. The van der Waals surface area contributed by atoms with Crippen molar-refractivity contribution in [1.82, 2.24) is 9.38 Å². The molecule has 0 saturated heterocycles. The number of fused-ring (bicyclic) bond motifs is 1. The van der Waals surface area contributed by atoms with Gasteiger partial charge in [-0.05, 0) is 13.0 Å². The molecule has 7 nitrogen and oxygen atoms in total. The summed E-state index contributed by atoms with van der Waals surface area (Å²) in [6, 6.07) is 2.15. The molecule has 0 aliphatic carbocycles. The van der Waals surface area contributed by atoms with Crippen molar-refractivity contribution in [2.45, 2.75) is 13.1 Å². The van der Waals surface area contributed by atoms with E-state index in [-0.39, 0.29) is 6.61 Å². The maximum absolute atomic E-state index is 13.0. The van der Waals surface area contributed by atoms with Gasteiger partial charge in [0.1, 0.15) is 0 Å². The Labute approximate surface area is 115 Å². The summed E-state index contributed by atoms with van der Waals surface area (Å²) in [4.78, 5) is 24.9. The fourth-order valence-electron chi connectivity index (χ4n) is 1.79. The van der Waals surface area contributed by atoms with Crippen LogP contribution in [0.1, 0.15) is 23.1 Å². The van der Waals surface area contributed by atoms with E-state index in [9.17, 15) is 28.1 Å². The maximum Gasteiger partial charge on any atom is 0.435 e. The SMILES string of the molecule is CCOC(=O)c1c(C(F)(F)F)nc2c([N+](=O)[O-])cccn12. The quantitative estimate of drug-likeness (QED) is 0.494. The van der Waals surface area contributed by atoms with E-state index >= 15 is 0 Å². The van der Waals surface area contributed by atoms with Gasteiger partial charge in [-0.15, -0.1) is 0 Å². The van der Waals surface area contributed by atoms with Crippen molar-refractivity contribution < 1.29 is 27.6 Å². The van der Waals surface area contributed by atoms with E-state index in [2.05, 4.69) is 9.72 Å². The van der Waals surface area contributed by atoms with Gasteiger partial charge in [0.25, 0.3) is 0 Å². The van der Waals surface area contributed by atoms with Crippen LogP contribution in [0.3, 0.4) is 0 Å². The zero-order chi connectivity index (χ0) is 15.8. The van der Waals surface area contributed by atoms with Crippen molar-refractivity contribution in [3.63, 3.8) is 0 Å². The Kier molecular flexibility index (Phi) is 3.54. The van der Waals surface area contributed by atoms with Crippen LogP contribution in [0.25, 0.3) is 5.65 Å². The number of hydrogen-bond donors (Lipinski definition) is 0. The van der Waals surface area contributed by atoms with Gasteiger partial charge in [-0.2, -0.15) is 13.2 Å². The van der Waals surface area contributed by atoms with Gasteiger partial charge in [0.2, 0.25) is 5.65 Å². The first-order chi connectivity index (χ1) is 9.77. The summed E-state index contributed by atoms with van der Waals surface area (Å²) in [6.45, 7) is 1.29. The molecule has 2 aromatic rings. The molecule has 0 radical (unpaired) electrons. The van der Waals surface area contributed by atoms with E-state index in [4.69, 9.17) is 0 Å². The number of carbonyl (C=O) groups is 1. The minimum atomic E-state index is -4.94. The van der Waals surface area contributed by atoms with Crippen molar-refractivity contribution in [3.8, 4) is 0 Å². The molecule has 0 N–H and O–H groups in total. The van der Waals surface area contributed by atoms with Crippen molar-refractivity contribution >= 4 is 17.3 Å². The second-order valence-corrected chi connectivity index (χ2v) is 3.87. The minimum Gasteiger partial charge on any atom is -0.461 e. The van der Waals surface area contributed by atoms with Crippen molar-refractivity contribution in [2.75, 3.05) is 6.61 Å². The summed E-state index contributed by atoms with van der Waals surface area (Å²) < 4.78 is 44.2. The topological polar surface area (TPSA) is 86.7 Å². The summed E-state index contributed by atoms with van der Waals surface area (Å²) in [5, 5.41) is 10.8. The Hall–Kier alpha value is -2.65. The molecule has 0 aromatic carbocycles. The average Bonchev–Trinajstić information content (AvgIpc) is 2.77. The number of alkyl halides is 3. The normalized spacial score (nSPS) is 11.6. The van der Waals surface area contributed by atoms with Gasteiger partial charge in [0, 0.05) is 12.3 Å². The summed E-state index contributed by atoms with van der Waals surface area (Å²) in [5.74, 6) is -1.25. The number of nitro groups is 1. The second-order valence-electron chi connectivity index (χ2n) is 3.87. The average molecular weight is 303 g/mol. The first-order valence-corrected chi connectivity index (χ1v) is 5.67. The smallest absolute Gasteiger partial charge is 0.435 e. The van der Waals surface area contributed by atoms with E-state index in [0.717, 1.165) is 18.3 Å². The second kappa shape index (κ2) is 5.04. The van der Waals surface area contributed by atoms with Crippen LogP contribution in [0.15, 0.2) is 18.3 Å². The highest BCUT2D eigenvalue weighted by Gasteiger charge is 2.41. The fourth-order valence-corrected chi connectivity index (χ4v) is 1.79. The Morgan fingerprint density at radius 3 is 2.71 bits per heavy atom. The van der Waals surface area contributed by atoms with Crippen molar-refractivity contribution in [3.05, 3.63) is 39.8 Å². The molecule has 0 aliphatic heterocycles. The van der Waals surface area contributed by atoms with Crippen LogP contribution in [0.2, 0.25) is 0 Å². The van der Waals surface area contributed by atoms with Gasteiger partial charge in [-0.25, -0.2) is 9.78 Å². The molecule has 0 saturated carbocycles. The van der Waals surface area contributed by atoms with E-state index in [1.54, 1.807) is 0 Å². The lowest BCUT2D eigenvalue weighted by atomic mass is 10.3. The third-order valence-corrected chi connectivity index (χ3v) is 2.56. The van der Waals surface area contributed by atoms with E-state index < -0.39 is 39.8 Å². The summed E-state index contributed by atoms with van der Waals surface area (Å²) in [5.41, 5.74) is -3.62. The molecule has 0 spiro atoms. The maximum atomic E-state index is 13.0. The molecule has 0 unspecified atom stereocenters. The van der Waals surface area contributed by atoms with Crippen LogP contribution in [-0.2, 0) is 10.9 Å². The molecule has 0 atom stereocenters. The molecule has 0 bridgehead atoms. The number of hydrogen-bond acceptors (Lipinski definition) is 5. The van der Waals surface area contributed by atoms with Gasteiger partial charge in [0.15, 0.2) is 11.4 Å². The largest absolute Gasteiger partial charge is 0.461 e. The van der Waals surface area contributed by atoms with E-state index in [0.29, 0.717) is 4.40 Å². The molecule has 0 aliphatic rings. The number of pyridine rings is 1. The highest BCUT2D eigenvalue weighted by Crippen LogP contribution is 2.34. The zero-order valence-corrected chi connectivity index (χ0v) is 10.5. The predicted octanol–water partition coefficient (Wildman–Crippen LogP) is 2.44. The Morgan fingerprint density at radius 2 is 2.19 bits per heavy atom. The Morgan fingerprint density at radius 1 is 1.52 bits per heavy atom. The molecular formula is C11H8F3N3O4.